The monoisotopic (exact) mass is 429 g/mol. The maximum atomic E-state index is 12.8. The number of rotatable bonds is 7. The van der Waals surface area contributed by atoms with Crippen LogP contribution in [0.1, 0.15) is 24.1 Å². The van der Waals surface area contributed by atoms with Gasteiger partial charge < -0.3 is 4.74 Å². The summed E-state index contributed by atoms with van der Waals surface area (Å²) in [4.78, 5) is 25.1. The van der Waals surface area contributed by atoms with Gasteiger partial charge in [-0.1, -0.05) is 60.7 Å². The zero-order valence-corrected chi connectivity index (χ0v) is 16.5. The number of benzene rings is 2. The molecule has 2 aromatic carbocycles. The first kappa shape index (κ1) is 19.3. The smallest absolute Gasteiger partial charge is 0.349 e. The average Bonchev–Trinajstić information content (AvgIpc) is 2.69. The Morgan fingerprint density at radius 1 is 1.00 bits per heavy atom. The summed E-state index contributed by atoms with van der Waals surface area (Å²) in [5, 5.41) is 4.13. The molecule has 0 saturated carbocycles. The molecule has 0 bridgehead atoms. The molecule has 0 radical (unpaired) electrons. The van der Waals surface area contributed by atoms with Crippen LogP contribution >= 0.6 is 15.9 Å². The van der Waals surface area contributed by atoms with E-state index < -0.39 is 11.2 Å². The molecule has 0 fully saturated rings. The third-order valence-electron chi connectivity index (χ3n) is 4.17. The van der Waals surface area contributed by atoms with Gasteiger partial charge in [0.1, 0.15) is 6.73 Å². The summed E-state index contributed by atoms with van der Waals surface area (Å²) in [5.74, 6) is 0. The number of halogens is 1. The van der Waals surface area contributed by atoms with Gasteiger partial charge >= 0.3 is 5.69 Å². The second-order valence-corrected chi connectivity index (χ2v) is 7.00. The number of nitrogens with zero attached hydrogens (tertiary/aromatic N) is 3. The van der Waals surface area contributed by atoms with Gasteiger partial charge in [-0.25, -0.2) is 14.0 Å². The van der Waals surface area contributed by atoms with Crippen LogP contribution in [0.4, 0.5) is 0 Å². The van der Waals surface area contributed by atoms with E-state index in [0.29, 0.717) is 13.0 Å². The van der Waals surface area contributed by atoms with Crippen molar-refractivity contribution in [1.82, 2.24) is 14.3 Å². The molecule has 1 atom stereocenters. The highest BCUT2D eigenvalue weighted by atomic mass is 79.9. The predicted octanol–water partition coefficient (Wildman–Crippen LogP) is 3.15. The third kappa shape index (κ3) is 4.81. The topological polar surface area (TPSA) is 66.1 Å². The van der Waals surface area contributed by atoms with Gasteiger partial charge in [0.2, 0.25) is 0 Å². The molecule has 0 spiro atoms. The van der Waals surface area contributed by atoms with Crippen molar-refractivity contribution in [2.75, 3.05) is 0 Å². The van der Waals surface area contributed by atoms with Crippen molar-refractivity contribution >= 4 is 15.9 Å². The molecule has 0 aliphatic heterocycles. The molecule has 0 aliphatic carbocycles. The lowest BCUT2D eigenvalue weighted by Crippen LogP contribution is -2.43. The van der Waals surface area contributed by atoms with Crippen molar-refractivity contribution in [3.8, 4) is 0 Å². The summed E-state index contributed by atoms with van der Waals surface area (Å²) in [6, 6.07) is 19.2. The molecule has 27 heavy (non-hydrogen) atoms. The number of ether oxygens (including phenoxy) is 1. The maximum Gasteiger partial charge on any atom is 0.349 e. The predicted molar refractivity (Wildman–Crippen MR) is 107 cm³/mol. The number of hydrogen-bond acceptors (Lipinski definition) is 4. The number of aromatic nitrogens is 3. The fourth-order valence-corrected chi connectivity index (χ4v) is 3.16. The van der Waals surface area contributed by atoms with Crippen molar-refractivity contribution < 1.29 is 4.74 Å². The fourth-order valence-electron chi connectivity index (χ4n) is 2.77. The molecule has 0 amide bonds. The van der Waals surface area contributed by atoms with Crippen LogP contribution < -0.4 is 11.2 Å². The first-order valence-corrected chi connectivity index (χ1v) is 9.40. The molecule has 0 N–H and O–H groups in total. The fraction of sp³-hybridized carbons (Fsp3) is 0.250. The SMILES string of the molecule is CC(Cc1ccccc1)n1nc(Br)c(=O)n(COCc2ccccc2)c1=O. The average molecular weight is 430 g/mol. The van der Waals surface area contributed by atoms with Gasteiger partial charge in [-0.15, -0.1) is 0 Å². The van der Waals surface area contributed by atoms with Gasteiger partial charge in [-0.2, -0.15) is 5.10 Å². The summed E-state index contributed by atoms with van der Waals surface area (Å²) >= 11 is 3.16. The highest BCUT2D eigenvalue weighted by Gasteiger charge is 2.16. The molecular weight excluding hydrogens is 410 g/mol. The molecule has 3 aromatic rings. The highest BCUT2D eigenvalue weighted by molar-refractivity contribution is 9.10. The molecule has 140 valence electrons. The first-order chi connectivity index (χ1) is 13.1. The van der Waals surface area contributed by atoms with Crippen molar-refractivity contribution in [1.29, 1.82) is 0 Å². The van der Waals surface area contributed by atoms with E-state index in [1.807, 2.05) is 67.6 Å². The Balaban J connectivity index is 1.80. The van der Waals surface area contributed by atoms with Gasteiger partial charge in [-0.05, 0) is 40.4 Å². The van der Waals surface area contributed by atoms with E-state index in [-0.39, 0.29) is 17.4 Å². The lowest BCUT2D eigenvalue weighted by molar-refractivity contribution is 0.0563. The van der Waals surface area contributed by atoms with Crippen molar-refractivity contribution in [3.05, 3.63) is 97.2 Å². The molecule has 6 nitrogen and oxygen atoms in total. The molecule has 1 heterocycles. The maximum absolute atomic E-state index is 12.8. The normalized spacial score (nSPS) is 12.1. The molecule has 0 aliphatic rings. The van der Waals surface area contributed by atoms with Gasteiger partial charge in [0, 0.05) is 0 Å². The van der Waals surface area contributed by atoms with Crippen LogP contribution in [0.5, 0.6) is 0 Å². The van der Waals surface area contributed by atoms with Crippen LogP contribution in [0.2, 0.25) is 0 Å². The Bertz CT molecular complexity index is 1000. The Hall–Kier alpha value is -2.51. The summed E-state index contributed by atoms with van der Waals surface area (Å²) in [6.45, 7) is 2.07. The minimum atomic E-state index is -0.503. The Morgan fingerprint density at radius 3 is 2.22 bits per heavy atom. The molecule has 7 heteroatoms. The Labute approximate surface area is 165 Å². The summed E-state index contributed by atoms with van der Waals surface area (Å²) in [7, 11) is 0. The second-order valence-electron chi connectivity index (χ2n) is 6.25. The zero-order chi connectivity index (χ0) is 19.2. The standard InChI is InChI=1S/C20H20BrN3O3/c1-15(12-16-8-4-2-5-9-16)24-20(26)23(19(25)18(21)22-24)14-27-13-17-10-6-3-7-11-17/h2-11,15H,12-14H2,1H3. The van der Waals surface area contributed by atoms with Gasteiger partial charge in [-0.3, -0.25) is 4.79 Å². The van der Waals surface area contributed by atoms with Crippen LogP contribution in [0.25, 0.3) is 0 Å². The van der Waals surface area contributed by atoms with E-state index in [0.717, 1.165) is 15.7 Å². The Kier molecular flexibility index (Phi) is 6.36. The number of hydrogen-bond donors (Lipinski definition) is 0. The second kappa shape index (κ2) is 8.92. The highest BCUT2D eigenvalue weighted by Crippen LogP contribution is 2.11. The van der Waals surface area contributed by atoms with E-state index in [2.05, 4.69) is 21.0 Å². The van der Waals surface area contributed by atoms with Crippen LogP contribution in [0, 0.1) is 0 Å². The zero-order valence-electron chi connectivity index (χ0n) is 14.9. The largest absolute Gasteiger partial charge is 0.356 e. The first-order valence-electron chi connectivity index (χ1n) is 8.61. The van der Waals surface area contributed by atoms with Gasteiger partial charge in [0.15, 0.2) is 4.60 Å². The summed E-state index contributed by atoms with van der Waals surface area (Å²) in [6.07, 6.45) is 0.628. The van der Waals surface area contributed by atoms with Gasteiger partial charge in [0.25, 0.3) is 5.56 Å². The van der Waals surface area contributed by atoms with Crippen LogP contribution in [0.15, 0.2) is 74.9 Å². The van der Waals surface area contributed by atoms with Gasteiger partial charge in [0.05, 0.1) is 12.6 Å². The van der Waals surface area contributed by atoms with E-state index in [1.165, 1.54) is 4.68 Å². The molecule has 1 aromatic heterocycles. The molecule has 0 saturated heterocycles. The van der Waals surface area contributed by atoms with E-state index in [4.69, 9.17) is 4.74 Å². The van der Waals surface area contributed by atoms with Crippen molar-refractivity contribution in [2.24, 2.45) is 0 Å². The molecule has 3 rings (SSSR count). The molecule has 1 unspecified atom stereocenters. The Morgan fingerprint density at radius 2 is 1.59 bits per heavy atom. The van der Waals surface area contributed by atoms with Crippen molar-refractivity contribution in [3.63, 3.8) is 0 Å². The van der Waals surface area contributed by atoms with E-state index in [9.17, 15) is 9.59 Å². The molecular formula is C20H20BrN3O3. The minimum absolute atomic E-state index is 0.0883. The third-order valence-corrected chi connectivity index (χ3v) is 4.67. The van der Waals surface area contributed by atoms with Crippen LogP contribution in [-0.2, 0) is 24.5 Å². The van der Waals surface area contributed by atoms with E-state index in [1.54, 1.807) is 0 Å². The lowest BCUT2D eigenvalue weighted by Gasteiger charge is -2.16. The summed E-state index contributed by atoms with van der Waals surface area (Å²) < 4.78 is 8.05. The lowest BCUT2D eigenvalue weighted by atomic mass is 10.1. The van der Waals surface area contributed by atoms with Crippen LogP contribution in [-0.4, -0.2) is 14.3 Å². The quantitative estimate of drug-likeness (QED) is 0.578. The van der Waals surface area contributed by atoms with Crippen molar-refractivity contribution in [2.45, 2.75) is 32.7 Å². The minimum Gasteiger partial charge on any atom is -0.356 e. The van der Waals surface area contributed by atoms with Crippen LogP contribution in [0.3, 0.4) is 0 Å². The van der Waals surface area contributed by atoms with E-state index >= 15 is 0 Å². The summed E-state index contributed by atoms with van der Waals surface area (Å²) in [5.41, 5.74) is 1.07.